The minimum atomic E-state index is -0.510. The first-order valence-electron chi connectivity index (χ1n) is 5.39. The lowest BCUT2D eigenvalue weighted by molar-refractivity contribution is -0.130. The summed E-state index contributed by atoms with van der Waals surface area (Å²) < 4.78 is 10.1. The quantitative estimate of drug-likeness (QED) is 0.352. The van der Waals surface area contributed by atoms with E-state index in [9.17, 15) is 9.59 Å². The molecule has 0 N–H and O–H groups in total. The monoisotopic (exact) mass is 244 g/mol. The first-order chi connectivity index (χ1) is 8.47. The first-order valence-corrected chi connectivity index (χ1v) is 5.39. The third-order valence-electron chi connectivity index (χ3n) is 2.48. The fourth-order valence-corrected chi connectivity index (χ4v) is 1.56. The van der Waals surface area contributed by atoms with Crippen LogP contribution in [0.3, 0.4) is 0 Å². The molecule has 0 aliphatic heterocycles. The van der Waals surface area contributed by atoms with Crippen LogP contribution >= 0.6 is 0 Å². The van der Waals surface area contributed by atoms with E-state index in [1.165, 1.54) is 12.1 Å². The molecule has 0 saturated heterocycles. The van der Waals surface area contributed by atoms with Gasteiger partial charge in [-0.2, -0.15) is 0 Å². The van der Waals surface area contributed by atoms with Gasteiger partial charge in [0.2, 0.25) is 0 Å². The molecule has 2 rings (SSSR count). The standard InChI is InChI=1S/C14H12O4/c1-8(2)14(16)17-10-4-5-11-9(3)6-13(15)18-12(11)7-10/h4-7H,1H2,2-3H3. The first kappa shape index (κ1) is 12.1. The molecule has 0 radical (unpaired) electrons. The molecule has 2 aromatic rings. The van der Waals surface area contributed by atoms with Crippen LogP contribution in [0, 0.1) is 6.92 Å². The zero-order chi connectivity index (χ0) is 13.3. The lowest BCUT2D eigenvalue weighted by Crippen LogP contribution is -2.08. The maximum atomic E-state index is 11.4. The van der Waals surface area contributed by atoms with Crippen molar-refractivity contribution in [3.8, 4) is 5.75 Å². The van der Waals surface area contributed by atoms with Gasteiger partial charge in [0, 0.05) is 23.1 Å². The molecular formula is C14H12O4. The molecule has 0 amide bonds. The van der Waals surface area contributed by atoms with E-state index in [-0.39, 0.29) is 0 Å². The zero-order valence-corrected chi connectivity index (χ0v) is 10.1. The molecule has 0 fully saturated rings. The number of hydrogen-bond acceptors (Lipinski definition) is 4. The fraction of sp³-hybridized carbons (Fsp3) is 0.143. The number of benzene rings is 1. The molecule has 92 valence electrons. The number of carbonyl (C=O) groups is 1. The van der Waals surface area contributed by atoms with Gasteiger partial charge in [0.15, 0.2) is 0 Å². The van der Waals surface area contributed by atoms with Gasteiger partial charge in [-0.05, 0) is 31.5 Å². The van der Waals surface area contributed by atoms with Gasteiger partial charge >= 0.3 is 11.6 Å². The van der Waals surface area contributed by atoms with Crippen LogP contribution in [-0.4, -0.2) is 5.97 Å². The van der Waals surface area contributed by atoms with E-state index in [4.69, 9.17) is 9.15 Å². The molecule has 18 heavy (non-hydrogen) atoms. The molecule has 0 aliphatic rings. The normalized spacial score (nSPS) is 10.3. The predicted molar refractivity (Wildman–Crippen MR) is 67.7 cm³/mol. The number of aryl methyl sites for hydroxylation is 1. The summed E-state index contributed by atoms with van der Waals surface area (Å²) in [5.74, 6) is -0.186. The highest BCUT2D eigenvalue weighted by atomic mass is 16.5. The summed E-state index contributed by atoms with van der Waals surface area (Å²) in [5.41, 5.74) is 1.09. The van der Waals surface area contributed by atoms with Crippen molar-refractivity contribution in [2.24, 2.45) is 0 Å². The molecule has 0 spiro atoms. The van der Waals surface area contributed by atoms with Crippen molar-refractivity contribution < 1.29 is 13.9 Å². The zero-order valence-electron chi connectivity index (χ0n) is 10.1. The second-order valence-electron chi connectivity index (χ2n) is 4.08. The Hall–Kier alpha value is -2.36. The Morgan fingerprint density at radius 2 is 2.06 bits per heavy atom. The van der Waals surface area contributed by atoms with E-state index in [0.29, 0.717) is 16.9 Å². The number of hydrogen-bond donors (Lipinski definition) is 0. The lowest BCUT2D eigenvalue weighted by Gasteiger charge is -2.05. The molecule has 0 aliphatic carbocycles. The van der Waals surface area contributed by atoms with E-state index in [0.717, 1.165) is 10.9 Å². The highest BCUT2D eigenvalue weighted by Crippen LogP contribution is 2.22. The van der Waals surface area contributed by atoms with Gasteiger partial charge in [-0.3, -0.25) is 0 Å². The number of ether oxygens (including phenoxy) is 1. The third kappa shape index (κ3) is 2.32. The molecule has 1 aromatic carbocycles. The van der Waals surface area contributed by atoms with Crippen LogP contribution in [0.2, 0.25) is 0 Å². The maximum Gasteiger partial charge on any atom is 0.338 e. The molecular weight excluding hydrogens is 232 g/mol. The summed E-state index contributed by atoms with van der Waals surface area (Å²) >= 11 is 0. The SMILES string of the molecule is C=C(C)C(=O)Oc1ccc2c(C)cc(=O)oc2c1. The lowest BCUT2D eigenvalue weighted by atomic mass is 10.1. The van der Waals surface area contributed by atoms with Crippen molar-refractivity contribution in [1.29, 1.82) is 0 Å². The van der Waals surface area contributed by atoms with E-state index in [2.05, 4.69) is 6.58 Å². The van der Waals surface area contributed by atoms with Gasteiger partial charge < -0.3 is 9.15 Å². The summed E-state index contributed by atoms with van der Waals surface area (Å²) in [5, 5.41) is 0.810. The number of rotatable bonds is 2. The highest BCUT2D eigenvalue weighted by molar-refractivity contribution is 5.89. The Kier molecular flexibility index (Phi) is 3.02. The molecule has 1 heterocycles. The second-order valence-corrected chi connectivity index (χ2v) is 4.08. The minimum Gasteiger partial charge on any atom is -0.423 e. The van der Waals surface area contributed by atoms with Crippen LogP contribution in [-0.2, 0) is 4.79 Å². The van der Waals surface area contributed by atoms with E-state index >= 15 is 0 Å². The van der Waals surface area contributed by atoms with Crippen LogP contribution in [0.1, 0.15) is 12.5 Å². The van der Waals surface area contributed by atoms with Crippen molar-refractivity contribution in [3.05, 3.63) is 52.4 Å². The van der Waals surface area contributed by atoms with E-state index < -0.39 is 11.6 Å². The summed E-state index contributed by atoms with van der Waals surface area (Å²) in [6, 6.07) is 6.33. The van der Waals surface area contributed by atoms with Gasteiger partial charge in [-0.1, -0.05) is 6.58 Å². The third-order valence-corrected chi connectivity index (χ3v) is 2.48. The minimum absolute atomic E-state index is 0.306. The summed E-state index contributed by atoms with van der Waals surface area (Å²) in [6.45, 7) is 6.88. The summed E-state index contributed by atoms with van der Waals surface area (Å²) in [4.78, 5) is 22.6. The van der Waals surface area contributed by atoms with Gasteiger partial charge in [0.05, 0.1) is 0 Å². The number of carbonyl (C=O) groups excluding carboxylic acids is 1. The topological polar surface area (TPSA) is 56.5 Å². The number of fused-ring (bicyclic) bond motifs is 1. The highest BCUT2D eigenvalue weighted by Gasteiger charge is 2.08. The van der Waals surface area contributed by atoms with Gasteiger partial charge in [0.1, 0.15) is 11.3 Å². The van der Waals surface area contributed by atoms with E-state index in [1.807, 2.05) is 6.92 Å². The maximum absolute atomic E-state index is 11.4. The molecule has 0 unspecified atom stereocenters. The Balaban J connectivity index is 2.47. The van der Waals surface area contributed by atoms with Crippen LogP contribution in [0.15, 0.2) is 45.6 Å². The van der Waals surface area contributed by atoms with Crippen LogP contribution < -0.4 is 10.4 Å². The molecule has 0 atom stereocenters. The summed E-state index contributed by atoms with van der Waals surface area (Å²) in [7, 11) is 0. The molecule has 1 aromatic heterocycles. The Morgan fingerprint density at radius 3 is 2.72 bits per heavy atom. The van der Waals surface area contributed by atoms with Crippen molar-refractivity contribution >= 4 is 16.9 Å². The smallest absolute Gasteiger partial charge is 0.338 e. The molecule has 4 heteroatoms. The Morgan fingerprint density at radius 1 is 1.33 bits per heavy atom. The largest absolute Gasteiger partial charge is 0.423 e. The van der Waals surface area contributed by atoms with Crippen molar-refractivity contribution in [2.45, 2.75) is 13.8 Å². The van der Waals surface area contributed by atoms with Crippen molar-refractivity contribution in [1.82, 2.24) is 0 Å². The van der Waals surface area contributed by atoms with Gasteiger partial charge in [-0.15, -0.1) is 0 Å². The number of esters is 1. The summed E-state index contributed by atoms with van der Waals surface area (Å²) in [6.07, 6.45) is 0. The van der Waals surface area contributed by atoms with Crippen molar-refractivity contribution in [3.63, 3.8) is 0 Å². The molecule has 0 bridgehead atoms. The second kappa shape index (κ2) is 4.49. The fourth-order valence-electron chi connectivity index (χ4n) is 1.56. The van der Waals surface area contributed by atoms with Gasteiger partial charge in [0.25, 0.3) is 0 Å². The predicted octanol–water partition coefficient (Wildman–Crippen LogP) is 2.58. The van der Waals surface area contributed by atoms with Crippen molar-refractivity contribution in [2.75, 3.05) is 0 Å². The van der Waals surface area contributed by atoms with Gasteiger partial charge in [-0.25, -0.2) is 9.59 Å². The Bertz CT molecular complexity index is 694. The van der Waals surface area contributed by atoms with Crippen LogP contribution in [0.5, 0.6) is 5.75 Å². The average molecular weight is 244 g/mol. The molecule has 0 saturated carbocycles. The molecule has 4 nitrogen and oxygen atoms in total. The Labute approximate surface area is 103 Å². The van der Waals surface area contributed by atoms with Crippen LogP contribution in [0.4, 0.5) is 0 Å². The van der Waals surface area contributed by atoms with E-state index in [1.54, 1.807) is 19.1 Å². The average Bonchev–Trinajstić information content (AvgIpc) is 2.27. The van der Waals surface area contributed by atoms with Crippen LogP contribution in [0.25, 0.3) is 11.0 Å².